The number of carbonyl (C=O) groups is 2. The van der Waals surface area contributed by atoms with Gasteiger partial charge in [0.2, 0.25) is 0 Å². The van der Waals surface area contributed by atoms with Gasteiger partial charge < -0.3 is 10.1 Å². The normalized spacial score (nSPS) is 10.6. The van der Waals surface area contributed by atoms with E-state index in [1.165, 1.54) is 7.11 Å². The molecule has 0 aliphatic rings. The number of aromatic nitrogens is 2. The second kappa shape index (κ2) is 7.17. The number of ether oxygens (including phenoxy) is 1. The van der Waals surface area contributed by atoms with E-state index >= 15 is 0 Å². The number of amides is 1. The van der Waals surface area contributed by atoms with E-state index in [0.29, 0.717) is 17.8 Å². The van der Waals surface area contributed by atoms with Gasteiger partial charge in [-0.3, -0.25) is 9.20 Å². The summed E-state index contributed by atoms with van der Waals surface area (Å²) in [6.45, 7) is 2.36. The van der Waals surface area contributed by atoms with Crippen molar-refractivity contribution >= 4 is 17.5 Å². The van der Waals surface area contributed by atoms with Crippen LogP contribution < -0.4 is 5.32 Å². The van der Waals surface area contributed by atoms with Gasteiger partial charge in [0.1, 0.15) is 11.3 Å². The monoisotopic (exact) mass is 337 g/mol. The molecule has 128 valence electrons. The molecule has 0 radical (unpaired) electrons. The number of nitrogens with zero attached hydrogens (tertiary/aromatic N) is 2. The Morgan fingerprint density at radius 2 is 2.04 bits per heavy atom. The summed E-state index contributed by atoms with van der Waals surface area (Å²) < 4.78 is 6.50. The largest absolute Gasteiger partial charge is 0.465 e. The molecule has 0 aliphatic heterocycles. The van der Waals surface area contributed by atoms with Crippen molar-refractivity contribution in [2.24, 2.45) is 0 Å². The number of aryl methyl sites for hydroxylation is 1. The Bertz CT molecular complexity index is 931. The molecule has 0 fully saturated rings. The molecule has 0 bridgehead atoms. The van der Waals surface area contributed by atoms with Gasteiger partial charge in [0, 0.05) is 12.7 Å². The minimum Gasteiger partial charge on any atom is -0.465 e. The SMILES string of the molecule is CCc1ccc(C(=O)OC)cc1CNC(=O)c1cnc2ccccn12. The Kier molecular flexibility index (Phi) is 4.79. The zero-order chi connectivity index (χ0) is 17.8. The van der Waals surface area contributed by atoms with E-state index in [4.69, 9.17) is 4.74 Å². The minimum atomic E-state index is -0.392. The van der Waals surface area contributed by atoms with Crippen LogP contribution in [0.25, 0.3) is 5.65 Å². The fourth-order valence-electron chi connectivity index (χ4n) is 2.75. The molecule has 1 amide bonds. The molecule has 0 unspecified atom stereocenters. The molecular weight excluding hydrogens is 318 g/mol. The number of fused-ring (bicyclic) bond motifs is 1. The van der Waals surface area contributed by atoms with Gasteiger partial charge in [0.15, 0.2) is 0 Å². The van der Waals surface area contributed by atoms with Crippen LogP contribution in [-0.4, -0.2) is 28.4 Å². The summed E-state index contributed by atoms with van der Waals surface area (Å²) in [6, 6.07) is 10.9. The van der Waals surface area contributed by atoms with Crippen LogP contribution in [0.4, 0.5) is 0 Å². The molecule has 0 saturated carbocycles. The average molecular weight is 337 g/mol. The van der Waals surface area contributed by atoms with E-state index in [1.807, 2.05) is 31.2 Å². The highest BCUT2D eigenvalue weighted by atomic mass is 16.5. The van der Waals surface area contributed by atoms with Gasteiger partial charge in [0.05, 0.1) is 18.9 Å². The van der Waals surface area contributed by atoms with Crippen molar-refractivity contribution in [2.75, 3.05) is 7.11 Å². The Morgan fingerprint density at radius 1 is 1.20 bits per heavy atom. The van der Waals surface area contributed by atoms with Crippen LogP contribution in [0.15, 0.2) is 48.8 Å². The molecule has 3 aromatic rings. The van der Waals surface area contributed by atoms with Crippen molar-refractivity contribution in [3.05, 3.63) is 71.2 Å². The number of methoxy groups -OCH3 is 1. The standard InChI is InChI=1S/C19H19N3O3/c1-3-13-7-8-14(19(24)25-2)10-15(13)11-21-18(23)16-12-20-17-6-4-5-9-22(16)17/h4-10,12H,3,11H2,1-2H3,(H,21,23). The van der Waals surface area contributed by atoms with Crippen LogP contribution >= 0.6 is 0 Å². The summed E-state index contributed by atoms with van der Waals surface area (Å²) in [6.07, 6.45) is 4.16. The first-order valence-electron chi connectivity index (χ1n) is 8.04. The molecule has 2 aromatic heterocycles. The molecule has 0 atom stereocenters. The molecule has 0 aliphatic carbocycles. The number of benzene rings is 1. The number of nitrogens with one attached hydrogen (secondary N) is 1. The van der Waals surface area contributed by atoms with E-state index in [-0.39, 0.29) is 5.91 Å². The van der Waals surface area contributed by atoms with Crippen LogP contribution in [0.3, 0.4) is 0 Å². The molecule has 1 N–H and O–H groups in total. The van der Waals surface area contributed by atoms with Crippen LogP contribution in [0.2, 0.25) is 0 Å². The smallest absolute Gasteiger partial charge is 0.337 e. The van der Waals surface area contributed by atoms with Crippen molar-refractivity contribution < 1.29 is 14.3 Å². The molecule has 25 heavy (non-hydrogen) atoms. The molecular formula is C19H19N3O3. The predicted molar refractivity (Wildman–Crippen MR) is 93.5 cm³/mol. The number of carbonyl (C=O) groups excluding carboxylic acids is 2. The summed E-state index contributed by atoms with van der Waals surface area (Å²) in [5.41, 5.74) is 3.63. The van der Waals surface area contributed by atoms with E-state index < -0.39 is 5.97 Å². The van der Waals surface area contributed by atoms with Crippen LogP contribution in [0, 0.1) is 0 Å². The maximum absolute atomic E-state index is 12.5. The Hall–Kier alpha value is -3.15. The van der Waals surface area contributed by atoms with Gasteiger partial charge in [-0.15, -0.1) is 0 Å². The van der Waals surface area contributed by atoms with Crippen molar-refractivity contribution in [3.8, 4) is 0 Å². The molecule has 3 rings (SSSR count). The van der Waals surface area contributed by atoms with Gasteiger partial charge in [0.25, 0.3) is 5.91 Å². The van der Waals surface area contributed by atoms with Crippen molar-refractivity contribution in [1.82, 2.24) is 14.7 Å². The third-order valence-corrected chi connectivity index (χ3v) is 4.10. The Morgan fingerprint density at radius 3 is 2.80 bits per heavy atom. The number of hydrogen-bond donors (Lipinski definition) is 1. The molecule has 6 nitrogen and oxygen atoms in total. The lowest BCUT2D eigenvalue weighted by atomic mass is 10.0. The van der Waals surface area contributed by atoms with Crippen molar-refractivity contribution in [3.63, 3.8) is 0 Å². The van der Waals surface area contributed by atoms with Gasteiger partial charge in [-0.05, 0) is 41.8 Å². The number of imidazole rings is 1. The van der Waals surface area contributed by atoms with Gasteiger partial charge in [-0.1, -0.05) is 19.1 Å². The highest BCUT2D eigenvalue weighted by molar-refractivity contribution is 5.93. The fourth-order valence-corrected chi connectivity index (χ4v) is 2.75. The highest BCUT2D eigenvalue weighted by Crippen LogP contribution is 2.14. The van der Waals surface area contributed by atoms with Crippen LogP contribution in [0.1, 0.15) is 38.9 Å². The summed E-state index contributed by atoms with van der Waals surface area (Å²) >= 11 is 0. The number of rotatable bonds is 5. The molecule has 6 heteroatoms. The Balaban J connectivity index is 1.80. The summed E-state index contributed by atoms with van der Waals surface area (Å²) in [7, 11) is 1.35. The number of pyridine rings is 1. The molecule has 1 aromatic carbocycles. The lowest BCUT2D eigenvalue weighted by molar-refractivity contribution is 0.0600. The first kappa shape index (κ1) is 16.7. The van der Waals surface area contributed by atoms with E-state index in [9.17, 15) is 9.59 Å². The first-order chi connectivity index (χ1) is 12.1. The van der Waals surface area contributed by atoms with E-state index in [1.54, 1.807) is 28.9 Å². The number of hydrogen-bond acceptors (Lipinski definition) is 4. The zero-order valence-corrected chi connectivity index (χ0v) is 14.2. The third-order valence-electron chi connectivity index (χ3n) is 4.10. The Labute approximate surface area is 145 Å². The number of esters is 1. The first-order valence-corrected chi connectivity index (χ1v) is 8.04. The second-order valence-corrected chi connectivity index (χ2v) is 5.58. The van der Waals surface area contributed by atoms with Crippen molar-refractivity contribution in [1.29, 1.82) is 0 Å². The summed E-state index contributed by atoms with van der Waals surface area (Å²) in [5, 5.41) is 2.90. The fraction of sp³-hybridized carbons (Fsp3) is 0.211. The average Bonchev–Trinajstić information content (AvgIpc) is 3.09. The maximum atomic E-state index is 12.5. The van der Waals surface area contributed by atoms with Gasteiger partial charge in [-0.2, -0.15) is 0 Å². The summed E-state index contributed by atoms with van der Waals surface area (Å²) in [5.74, 6) is -0.610. The molecule has 0 spiro atoms. The van der Waals surface area contributed by atoms with Gasteiger partial charge >= 0.3 is 5.97 Å². The summed E-state index contributed by atoms with van der Waals surface area (Å²) in [4.78, 5) is 28.4. The van der Waals surface area contributed by atoms with Crippen LogP contribution in [0.5, 0.6) is 0 Å². The highest BCUT2D eigenvalue weighted by Gasteiger charge is 2.13. The molecule has 2 heterocycles. The van der Waals surface area contributed by atoms with Crippen molar-refractivity contribution in [2.45, 2.75) is 19.9 Å². The molecule has 0 saturated heterocycles. The van der Waals surface area contributed by atoms with E-state index in [0.717, 1.165) is 23.2 Å². The third kappa shape index (κ3) is 3.38. The lowest BCUT2D eigenvalue weighted by Crippen LogP contribution is -2.25. The quantitative estimate of drug-likeness (QED) is 0.727. The predicted octanol–water partition coefficient (Wildman–Crippen LogP) is 2.61. The lowest BCUT2D eigenvalue weighted by Gasteiger charge is -2.11. The van der Waals surface area contributed by atoms with Crippen LogP contribution in [-0.2, 0) is 17.7 Å². The minimum absolute atomic E-state index is 0.218. The van der Waals surface area contributed by atoms with Gasteiger partial charge in [-0.25, -0.2) is 9.78 Å². The van der Waals surface area contributed by atoms with E-state index in [2.05, 4.69) is 10.3 Å². The second-order valence-electron chi connectivity index (χ2n) is 5.58. The topological polar surface area (TPSA) is 72.7 Å². The zero-order valence-electron chi connectivity index (χ0n) is 14.2. The maximum Gasteiger partial charge on any atom is 0.337 e.